The lowest BCUT2D eigenvalue weighted by Crippen LogP contribution is -2.41. The summed E-state index contributed by atoms with van der Waals surface area (Å²) in [6.45, 7) is 11.9. The van der Waals surface area contributed by atoms with E-state index < -0.39 is 12.0 Å². The molecule has 1 saturated heterocycles. The minimum absolute atomic E-state index is 0.342. The molecule has 1 aliphatic heterocycles. The first kappa shape index (κ1) is 37.4. The molecule has 3 atom stereocenters. The molecule has 0 radical (unpaired) electrons. The highest BCUT2D eigenvalue weighted by atomic mass is 32.2. The number of aliphatic carboxylic acids is 1. The van der Waals surface area contributed by atoms with Crippen LogP contribution in [0.25, 0.3) is 11.1 Å². The molecule has 4 rings (SSSR count). The molecular weight excluding hydrogens is 589 g/mol. The molecule has 1 amide bonds. The second kappa shape index (κ2) is 19.5. The van der Waals surface area contributed by atoms with E-state index in [4.69, 9.17) is 0 Å². The smallest absolute Gasteiger partial charge is 0.326 e. The van der Waals surface area contributed by atoms with Gasteiger partial charge in [0.15, 0.2) is 0 Å². The van der Waals surface area contributed by atoms with E-state index in [9.17, 15) is 14.7 Å². The number of hydrogen-bond acceptors (Lipinski definition) is 4. The van der Waals surface area contributed by atoms with Crippen molar-refractivity contribution in [1.29, 1.82) is 0 Å². The van der Waals surface area contributed by atoms with E-state index in [1.54, 1.807) is 11.8 Å². The molecule has 3 aromatic rings. The van der Waals surface area contributed by atoms with Crippen LogP contribution in [-0.2, 0) is 17.8 Å². The van der Waals surface area contributed by atoms with E-state index >= 15 is 0 Å². The van der Waals surface area contributed by atoms with Crippen LogP contribution in [0.15, 0.2) is 72.8 Å². The standard InChI is InChI=1S/C34H42N2O3S.C6H14/c1-4-10-27-16-17-28(21-25-12-6-5-7-13-25)36(27)23-26-15-18-30(31(22-26)29-14-9-8-11-24(29)2)33(37)35-32(34(38)39)19-20-40-3;1-4-5-6(2)3/h5-9,11-15,18,22,27-28,32H,4,10,16-17,19-21,23H2,1-3H3,(H,35,37)(H,38,39);6H,4-5H2,1-3H3. The molecular formula is C40H56N2O3S. The summed E-state index contributed by atoms with van der Waals surface area (Å²) in [7, 11) is 0. The second-order valence-corrected chi connectivity index (χ2v) is 14.0. The maximum atomic E-state index is 13.5. The summed E-state index contributed by atoms with van der Waals surface area (Å²) < 4.78 is 0. The number of hydrogen-bond donors (Lipinski definition) is 2. The minimum atomic E-state index is -1.00. The molecule has 3 aromatic carbocycles. The highest BCUT2D eigenvalue weighted by Gasteiger charge is 2.33. The summed E-state index contributed by atoms with van der Waals surface area (Å²) in [4.78, 5) is 28.0. The van der Waals surface area contributed by atoms with Gasteiger partial charge in [0.2, 0.25) is 0 Å². The zero-order valence-corrected chi connectivity index (χ0v) is 29.7. The number of carbonyl (C=O) groups is 2. The number of nitrogens with zero attached hydrogens (tertiary/aromatic N) is 1. The number of carbonyl (C=O) groups excluding carboxylic acids is 1. The predicted octanol–water partition coefficient (Wildman–Crippen LogP) is 9.42. The Bertz CT molecular complexity index is 1360. The highest BCUT2D eigenvalue weighted by molar-refractivity contribution is 7.98. The van der Waals surface area contributed by atoms with Crippen molar-refractivity contribution in [3.8, 4) is 11.1 Å². The Hall–Kier alpha value is -3.09. The summed E-state index contributed by atoms with van der Waals surface area (Å²) >= 11 is 1.57. The van der Waals surface area contributed by atoms with E-state index in [2.05, 4.69) is 93.4 Å². The van der Waals surface area contributed by atoms with Crippen LogP contribution in [0.4, 0.5) is 0 Å². The lowest BCUT2D eigenvalue weighted by atomic mass is 9.93. The molecule has 0 aliphatic carbocycles. The number of carboxylic acid groups (broad SMARTS) is 1. The van der Waals surface area contributed by atoms with Crippen molar-refractivity contribution in [3.63, 3.8) is 0 Å². The Balaban J connectivity index is 0.000000875. The van der Waals surface area contributed by atoms with E-state index in [0.717, 1.165) is 42.0 Å². The number of aryl methyl sites for hydroxylation is 1. The van der Waals surface area contributed by atoms with Crippen LogP contribution in [0.2, 0.25) is 0 Å². The van der Waals surface area contributed by atoms with Crippen LogP contribution in [-0.4, -0.2) is 52.0 Å². The number of thioether (sulfide) groups is 1. The fourth-order valence-corrected chi connectivity index (χ4v) is 7.00. The maximum Gasteiger partial charge on any atom is 0.326 e. The van der Waals surface area contributed by atoms with Crippen molar-refractivity contribution in [2.75, 3.05) is 12.0 Å². The van der Waals surface area contributed by atoms with Crippen molar-refractivity contribution in [3.05, 3.63) is 95.1 Å². The Morgan fingerprint density at radius 2 is 1.59 bits per heavy atom. The van der Waals surface area contributed by atoms with Crippen molar-refractivity contribution in [2.24, 2.45) is 5.92 Å². The molecule has 1 fully saturated rings. The average molecular weight is 645 g/mol. The molecule has 46 heavy (non-hydrogen) atoms. The van der Waals surface area contributed by atoms with Crippen molar-refractivity contribution in [2.45, 2.75) is 111 Å². The summed E-state index contributed by atoms with van der Waals surface area (Å²) in [6, 6.07) is 25.0. The quantitative estimate of drug-likeness (QED) is 0.173. The van der Waals surface area contributed by atoms with Gasteiger partial charge >= 0.3 is 5.97 Å². The van der Waals surface area contributed by atoms with Crippen LogP contribution in [0, 0.1) is 12.8 Å². The Morgan fingerprint density at radius 1 is 0.891 bits per heavy atom. The van der Waals surface area contributed by atoms with Crippen molar-refractivity contribution >= 4 is 23.6 Å². The molecule has 2 N–H and O–H groups in total. The van der Waals surface area contributed by atoms with Gasteiger partial charge in [0.1, 0.15) is 6.04 Å². The third-order valence-electron chi connectivity index (χ3n) is 8.92. The zero-order chi connectivity index (χ0) is 33.5. The van der Waals surface area contributed by atoms with Crippen LogP contribution in [0.1, 0.15) is 99.7 Å². The Kier molecular flexibility index (Phi) is 15.9. The first-order valence-electron chi connectivity index (χ1n) is 17.2. The maximum absolute atomic E-state index is 13.5. The molecule has 1 aliphatic rings. The van der Waals surface area contributed by atoms with Gasteiger partial charge in [-0.05, 0) is 96.9 Å². The zero-order valence-electron chi connectivity index (χ0n) is 28.9. The molecule has 5 nitrogen and oxygen atoms in total. The van der Waals surface area contributed by atoms with Gasteiger partial charge in [0.25, 0.3) is 5.91 Å². The number of rotatable bonds is 15. The number of benzene rings is 3. The SMILES string of the molecule is CCCC(C)C.CCCC1CCC(Cc2ccccc2)N1Cc1ccc(C(=O)NC(CCSC)C(=O)O)c(-c2ccccc2C)c1. The van der Waals surface area contributed by atoms with Gasteiger partial charge in [-0.15, -0.1) is 0 Å². The molecule has 3 unspecified atom stereocenters. The van der Waals surface area contributed by atoms with Gasteiger partial charge in [-0.2, -0.15) is 11.8 Å². The predicted molar refractivity (Wildman–Crippen MR) is 196 cm³/mol. The molecule has 1 heterocycles. The second-order valence-electron chi connectivity index (χ2n) is 13.1. The van der Waals surface area contributed by atoms with Gasteiger partial charge in [-0.1, -0.05) is 108 Å². The Morgan fingerprint density at radius 3 is 2.20 bits per heavy atom. The number of likely N-dealkylation sites (tertiary alicyclic amines) is 1. The monoisotopic (exact) mass is 644 g/mol. The lowest BCUT2D eigenvalue weighted by Gasteiger charge is -2.31. The molecule has 0 bridgehead atoms. The molecule has 0 spiro atoms. The van der Waals surface area contributed by atoms with Gasteiger partial charge in [-0.25, -0.2) is 4.79 Å². The van der Waals surface area contributed by atoms with Gasteiger partial charge in [0, 0.05) is 24.2 Å². The van der Waals surface area contributed by atoms with E-state index in [-0.39, 0.29) is 5.91 Å². The highest BCUT2D eigenvalue weighted by Crippen LogP contribution is 2.33. The third-order valence-corrected chi connectivity index (χ3v) is 9.56. The summed E-state index contributed by atoms with van der Waals surface area (Å²) in [5, 5.41) is 12.5. The number of nitrogens with one attached hydrogen (secondary N) is 1. The molecule has 0 saturated carbocycles. The largest absolute Gasteiger partial charge is 0.480 e. The summed E-state index contributed by atoms with van der Waals surface area (Å²) in [6.07, 6.45) is 10.8. The summed E-state index contributed by atoms with van der Waals surface area (Å²) in [5.74, 6) is 0.219. The van der Waals surface area contributed by atoms with Crippen molar-refractivity contribution < 1.29 is 14.7 Å². The van der Waals surface area contributed by atoms with E-state index in [1.807, 2.05) is 30.5 Å². The fourth-order valence-electron chi connectivity index (χ4n) is 6.52. The normalized spacial score (nSPS) is 16.9. The fraction of sp³-hybridized carbons (Fsp3) is 0.500. The molecule has 250 valence electrons. The average Bonchev–Trinajstić information content (AvgIpc) is 3.40. The minimum Gasteiger partial charge on any atom is -0.480 e. The molecule has 0 aromatic heterocycles. The summed E-state index contributed by atoms with van der Waals surface area (Å²) in [5.41, 5.74) is 5.99. The van der Waals surface area contributed by atoms with E-state index in [0.29, 0.717) is 29.8 Å². The van der Waals surface area contributed by atoms with Gasteiger partial charge in [0.05, 0.1) is 0 Å². The van der Waals surface area contributed by atoms with E-state index in [1.165, 1.54) is 43.2 Å². The first-order valence-corrected chi connectivity index (χ1v) is 18.6. The molecule has 6 heteroatoms. The van der Waals surface area contributed by atoms with Crippen LogP contribution in [0.5, 0.6) is 0 Å². The van der Waals surface area contributed by atoms with Crippen molar-refractivity contribution in [1.82, 2.24) is 10.2 Å². The van der Waals surface area contributed by atoms with Crippen LogP contribution in [0.3, 0.4) is 0 Å². The topological polar surface area (TPSA) is 69.6 Å². The lowest BCUT2D eigenvalue weighted by molar-refractivity contribution is -0.139. The third kappa shape index (κ3) is 11.3. The first-order chi connectivity index (χ1) is 22.2. The van der Waals surface area contributed by atoms with Gasteiger partial charge in [-0.3, -0.25) is 9.69 Å². The van der Waals surface area contributed by atoms with Gasteiger partial charge < -0.3 is 10.4 Å². The number of carboxylic acids is 1. The Labute approximate surface area is 282 Å². The number of amides is 1. The van der Waals surface area contributed by atoms with Crippen LogP contribution >= 0.6 is 11.8 Å². The van der Waals surface area contributed by atoms with Crippen LogP contribution < -0.4 is 5.32 Å².